The summed E-state index contributed by atoms with van der Waals surface area (Å²) in [5.41, 5.74) is 6.62. The lowest BCUT2D eigenvalue weighted by molar-refractivity contribution is 0.483. The molecule has 0 atom stereocenters. The van der Waals surface area contributed by atoms with Crippen LogP contribution >= 0.6 is 11.6 Å². The van der Waals surface area contributed by atoms with Crippen molar-refractivity contribution in [1.82, 2.24) is 19.9 Å². The molecule has 7 N–H and O–H groups in total. The van der Waals surface area contributed by atoms with E-state index in [2.05, 4.69) is 71.2 Å². The number of anilines is 7. The van der Waals surface area contributed by atoms with Crippen LogP contribution in [0.4, 0.5) is 52.0 Å². The Morgan fingerprint density at radius 3 is 1.82 bits per heavy atom. The fourth-order valence-electron chi connectivity index (χ4n) is 4.42. The lowest BCUT2D eigenvalue weighted by atomic mass is 10.2. The minimum Gasteiger partial charge on any atom is -0.395 e. The number of sulfone groups is 3. The molecule has 2 aromatic carbocycles. The molecule has 4 rings (SSSR count). The summed E-state index contributed by atoms with van der Waals surface area (Å²) in [6, 6.07) is 9.08. The monoisotopic (exact) mass is 867 g/mol. The second kappa shape index (κ2) is 17.5. The van der Waals surface area contributed by atoms with Gasteiger partial charge in [0, 0.05) is 46.3 Å². The molecular weight excluding hydrogens is 834 g/mol. The van der Waals surface area contributed by atoms with Crippen LogP contribution in [0.15, 0.2) is 98.4 Å². The number of hydrogen-bond donors (Lipinski definition) is 6. The number of halogens is 1. The van der Waals surface area contributed by atoms with Crippen LogP contribution in [0, 0.1) is 6.92 Å². The van der Waals surface area contributed by atoms with Crippen LogP contribution in [0.3, 0.4) is 0 Å². The number of benzene rings is 2. The van der Waals surface area contributed by atoms with E-state index in [0.717, 1.165) is 22.3 Å². The zero-order valence-corrected chi connectivity index (χ0v) is 33.2. The van der Waals surface area contributed by atoms with Crippen molar-refractivity contribution in [1.29, 1.82) is 0 Å². The number of hydrogen-bond acceptors (Lipinski definition) is 19. The molecule has 0 fully saturated rings. The van der Waals surface area contributed by atoms with E-state index in [1.165, 1.54) is 43.3 Å². The van der Waals surface area contributed by atoms with E-state index in [0.29, 0.717) is 5.69 Å². The molecule has 2 aromatic heterocycles. The SMILES string of the molecule is C=CS(=O)(=O)CCNc1nc(NCCS(=O)(=O)C=C)c(/N=N/c2cc(Nc3nc(Cl)nc(Nc4ccc(S(=O)(=O)C=C)cc4)n3)ccc2S(=O)(=O)O)c(C)c1N. The Morgan fingerprint density at radius 1 is 0.750 bits per heavy atom. The van der Waals surface area contributed by atoms with Gasteiger partial charge in [-0.1, -0.05) is 19.7 Å². The highest BCUT2D eigenvalue weighted by atomic mass is 35.5. The lowest BCUT2D eigenvalue weighted by Gasteiger charge is -2.16. The topological polar surface area (TPSA) is 307 Å². The predicted molar refractivity (Wildman–Crippen MR) is 214 cm³/mol. The number of rotatable bonds is 19. The Balaban J connectivity index is 1.69. The van der Waals surface area contributed by atoms with E-state index in [4.69, 9.17) is 17.3 Å². The molecule has 2 heterocycles. The van der Waals surface area contributed by atoms with E-state index in [1.54, 1.807) is 0 Å². The van der Waals surface area contributed by atoms with Crippen LogP contribution in [0.1, 0.15) is 5.56 Å². The number of aromatic nitrogens is 4. The van der Waals surface area contributed by atoms with E-state index < -0.39 is 50.3 Å². The van der Waals surface area contributed by atoms with E-state index >= 15 is 0 Å². The molecule has 20 nitrogen and oxygen atoms in total. The molecule has 0 amide bonds. The van der Waals surface area contributed by atoms with Gasteiger partial charge in [-0.3, -0.25) is 4.55 Å². The summed E-state index contributed by atoms with van der Waals surface area (Å²) in [4.78, 5) is 16.0. The van der Waals surface area contributed by atoms with Crippen molar-refractivity contribution in [2.24, 2.45) is 10.2 Å². The van der Waals surface area contributed by atoms with Gasteiger partial charge in [0.05, 0.1) is 22.1 Å². The Morgan fingerprint density at radius 2 is 1.29 bits per heavy atom. The van der Waals surface area contributed by atoms with Crippen molar-refractivity contribution in [3.63, 3.8) is 0 Å². The average Bonchev–Trinajstić information content (AvgIpc) is 3.12. The van der Waals surface area contributed by atoms with Crippen LogP contribution in [0.5, 0.6) is 0 Å². The number of pyridine rings is 1. The predicted octanol–water partition coefficient (Wildman–Crippen LogP) is 4.82. The van der Waals surface area contributed by atoms with Gasteiger partial charge in [-0.2, -0.15) is 23.4 Å². The molecule has 4 aromatic rings. The standard InChI is InChI=1S/C31H34ClN11O9S4/c1-5-53(44,45)16-14-34-27-25(33)19(4)26(28(38-27)35-15-17-54(46,47)6-2)43-42-23-18-21(10-13-24(23)56(50,51)52)37-31-40-29(32)39-30(41-31)36-20-8-11-22(12-9-20)55(48,49)7-3/h5-13,18H,1-3,14-17,33H2,4H3,(H2,34,35,38)(H,50,51,52)(H2,36,37,39,40,41)/b43-42+. The molecular formula is C31H34ClN11O9S4. The lowest BCUT2D eigenvalue weighted by Crippen LogP contribution is -2.18. The van der Waals surface area contributed by atoms with E-state index in [-0.39, 0.29) is 80.9 Å². The third kappa shape index (κ3) is 11.5. The Labute approximate surface area is 327 Å². The van der Waals surface area contributed by atoms with Gasteiger partial charge in [0.25, 0.3) is 10.1 Å². The van der Waals surface area contributed by atoms with Gasteiger partial charge >= 0.3 is 0 Å². The molecule has 0 aliphatic carbocycles. The van der Waals surface area contributed by atoms with E-state index in [9.17, 15) is 38.2 Å². The smallest absolute Gasteiger partial charge is 0.296 e. The summed E-state index contributed by atoms with van der Waals surface area (Å²) >= 11 is 6.12. The molecule has 0 unspecified atom stereocenters. The zero-order valence-electron chi connectivity index (χ0n) is 29.2. The molecule has 56 heavy (non-hydrogen) atoms. The molecule has 298 valence electrons. The van der Waals surface area contributed by atoms with E-state index in [1.807, 2.05) is 0 Å². The number of azo groups is 1. The van der Waals surface area contributed by atoms with Gasteiger partial charge < -0.3 is 27.0 Å². The van der Waals surface area contributed by atoms with Crippen molar-refractivity contribution < 1.29 is 38.2 Å². The summed E-state index contributed by atoms with van der Waals surface area (Å²) in [5.74, 6) is -0.949. The molecule has 0 spiro atoms. The highest BCUT2D eigenvalue weighted by Gasteiger charge is 2.20. The van der Waals surface area contributed by atoms with Crippen LogP contribution in [-0.2, 0) is 39.6 Å². The second-order valence-electron chi connectivity index (χ2n) is 11.2. The first-order valence-corrected chi connectivity index (χ1v) is 22.4. The van der Waals surface area contributed by atoms with Crippen molar-refractivity contribution in [3.05, 3.63) is 89.3 Å². The maximum Gasteiger partial charge on any atom is 0.296 e. The van der Waals surface area contributed by atoms with Crippen LogP contribution in [0.25, 0.3) is 0 Å². The second-order valence-corrected chi connectivity index (χ2v) is 19.0. The number of nitrogens with two attached hydrogens (primary N) is 1. The largest absolute Gasteiger partial charge is 0.395 e. The quantitative estimate of drug-likeness (QED) is 0.0543. The summed E-state index contributed by atoms with van der Waals surface area (Å²) in [7, 11) is -15.8. The minimum absolute atomic E-state index is 0.0125. The Kier molecular flexibility index (Phi) is 13.5. The number of nitrogens with zero attached hydrogens (tertiary/aromatic N) is 6. The minimum atomic E-state index is -4.88. The first-order valence-electron chi connectivity index (χ1n) is 15.6. The summed E-state index contributed by atoms with van der Waals surface area (Å²) in [6.45, 7) is 11.0. The van der Waals surface area contributed by atoms with Crippen LogP contribution < -0.4 is 27.0 Å². The number of nitrogen functional groups attached to an aromatic ring is 1. The van der Waals surface area contributed by atoms with Crippen molar-refractivity contribution >= 4 is 103 Å². The summed E-state index contributed by atoms with van der Waals surface area (Å²) < 4.78 is 107. The molecule has 0 radical (unpaired) electrons. The highest BCUT2D eigenvalue weighted by molar-refractivity contribution is 7.94. The highest BCUT2D eigenvalue weighted by Crippen LogP contribution is 2.38. The maximum atomic E-state index is 12.3. The zero-order chi connectivity index (χ0) is 41.5. The van der Waals surface area contributed by atoms with Crippen molar-refractivity contribution in [2.45, 2.75) is 16.7 Å². The average molecular weight is 868 g/mol. The first-order chi connectivity index (χ1) is 26.2. The molecule has 0 aliphatic rings. The van der Waals surface area contributed by atoms with Crippen LogP contribution in [0.2, 0.25) is 5.28 Å². The van der Waals surface area contributed by atoms with Gasteiger partial charge in [0.1, 0.15) is 16.3 Å². The van der Waals surface area contributed by atoms with Crippen molar-refractivity contribution in [3.8, 4) is 0 Å². The van der Waals surface area contributed by atoms with Gasteiger partial charge in [0.2, 0.25) is 17.2 Å². The van der Waals surface area contributed by atoms with Gasteiger partial charge in [-0.25, -0.2) is 30.2 Å². The van der Waals surface area contributed by atoms with Crippen LogP contribution in [-0.4, -0.2) is 82.8 Å². The van der Waals surface area contributed by atoms with Crippen molar-refractivity contribution in [2.75, 3.05) is 51.6 Å². The molecule has 0 bridgehead atoms. The summed E-state index contributed by atoms with van der Waals surface area (Å²) in [5, 5.41) is 21.7. The first kappa shape index (κ1) is 43.2. The molecule has 0 saturated heterocycles. The molecule has 0 aliphatic heterocycles. The fourth-order valence-corrected chi connectivity index (χ4v) is 7.00. The van der Waals surface area contributed by atoms with Gasteiger partial charge in [-0.05, 0) is 61.0 Å². The number of nitrogens with one attached hydrogen (secondary N) is 4. The fraction of sp³-hybridized carbons (Fsp3) is 0.161. The molecule has 0 saturated carbocycles. The van der Waals surface area contributed by atoms with Gasteiger partial charge in [0.15, 0.2) is 41.1 Å². The van der Waals surface area contributed by atoms with Gasteiger partial charge in [-0.15, -0.1) is 10.2 Å². The summed E-state index contributed by atoms with van der Waals surface area (Å²) in [6.07, 6.45) is 0. The maximum absolute atomic E-state index is 12.3. The Hall–Kier alpha value is -5.53. The normalized spacial score (nSPS) is 12.2. The third-order valence-electron chi connectivity index (χ3n) is 7.35. The molecule has 25 heteroatoms. The Bertz CT molecular complexity index is 2660. The third-order valence-corrected chi connectivity index (χ3v) is 12.3.